The Hall–Kier alpha value is -0.800. The van der Waals surface area contributed by atoms with Gasteiger partial charge in [0, 0.05) is 12.2 Å². The Kier molecular flexibility index (Phi) is 4.57. The third-order valence-electron chi connectivity index (χ3n) is 1.78. The van der Waals surface area contributed by atoms with E-state index in [0.717, 1.165) is 30.9 Å². The summed E-state index contributed by atoms with van der Waals surface area (Å²) in [6.07, 6.45) is 2.76. The molecule has 0 bridgehead atoms. The van der Waals surface area contributed by atoms with Crippen molar-refractivity contribution in [3.05, 3.63) is 23.7 Å². The predicted molar refractivity (Wildman–Crippen MR) is 51.4 cm³/mol. The van der Waals surface area contributed by atoms with Crippen LogP contribution in [0, 0.1) is 0 Å². The second kappa shape index (κ2) is 5.78. The smallest absolute Gasteiger partial charge is 0.123 e. The minimum absolute atomic E-state index is 0.654. The van der Waals surface area contributed by atoms with Crippen LogP contribution in [0.4, 0.5) is 0 Å². The number of furan rings is 1. The van der Waals surface area contributed by atoms with Gasteiger partial charge in [-0.05, 0) is 19.5 Å². The second-order valence-corrected chi connectivity index (χ2v) is 2.95. The number of hydrogen-bond donors (Lipinski definition) is 1. The molecule has 0 spiro atoms. The monoisotopic (exact) mass is 183 g/mol. The molecule has 3 nitrogen and oxygen atoms in total. The molecule has 1 aromatic rings. The van der Waals surface area contributed by atoms with Crippen LogP contribution in [0.25, 0.3) is 0 Å². The van der Waals surface area contributed by atoms with E-state index in [2.05, 4.69) is 12.2 Å². The van der Waals surface area contributed by atoms with Crippen LogP contribution in [-0.2, 0) is 17.9 Å². The molecule has 0 aliphatic heterocycles. The summed E-state index contributed by atoms with van der Waals surface area (Å²) in [4.78, 5) is 0. The Morgan fingerprint density at radius 2 is 2.38 bits per heavy atom. The third-order valence-corrected chi connectivity index (χ3v) is 1.78. The zero-order valence-electron chi connectivity index (χ0n) is 8.30. The first kappa shape index (κ1) is 10.3. The van der Waals surface area contributed by atoms with E-state index in [1.165, 1.54) is 0 Å². The summed E-state index contributed by atoms with van der Waals surface area (Å²) < 4.78 is 10.7. The van der Waals surface area contributed by atoms with Gasteiger partial charge in [0.15, 0.2) is 0 Å². The van der Waals surface area contributed by atoms with Crippen molar-refractivity contribution in [1.29, 1.82) is 0 Å². The highest BCUT2D eigenvalue weighted by Gasteiger charge is 2.04. The van der Waals surface area contributed by atoms with Gasteiger partial charge in [-0.15, -0.1) is 0 Å². The molecule has 1 N–H and O–H groups in total. The van der Waals surface area contributed by atoms with Crippen molar-refractivity contribution in [1.82, 2.24) is 5.32 Å². The van der Waals surface area contributed by atoms with Crippen LogP contribution in [0.2, 0.25) is 0 Å². The first-order chi connectivity index (χ1) is 6.38. The number of ether oxygens (including phenoxy) is 1. The molecule has 3 heteroatoms. The van der Waals surface area contributed by atoms with E-state index in [-0.39, 0.29) is 0 Å². The fourth-order valence-electron chi connectivity index (χ4n) is 1.14. The van der Waals surface area contributed by atoms with Crippen molar-refractivity contribution < 1.29 is 9.15 Å². The Balaban J connectivity index is 2.40. The molecule has 0 atom stereocenters. The maximum atomic E-state index is 5.43. The SMILES string of the molecule is CCCOCc1ccoc1CNC. The average molecular weight is 183 g/mol. The number of rotatable bonds is 6. The van der Waals surface area contributed by atoms with Gasteiger partial charge in [0.2, 0.25) is 0 Å². The Labute approximate surface area is 79.1 Å². The highest BCUT2D eigenvalue weighted by atomic mass is 16.5. The molecule has 0 unspecified atom stereocenters. The lowest BCUT2D eigenvalue weighted by atomic mass is 10.2. The van der Waals surface area contributed by atoms with Gasteiger partial charge in [-0.25, -0.2) is 0 Å². The van der Waals surface area contributed by atoms with Crippen molar-refractivity contribution in [3.63, 3.8) is 0 Å². The van der Waals surface area contributed by atoms with Crippen LogP contribution in [0.5, 0.6) is 0 Å². The minimum Gasteiger partial charge on any atom is -0.468 e. The van der Waals surface area contributed by atoms with E-state index in [4.69, 9.17) is 9.15 Å². The average Bonchev–Trinajstić information content (AvgIpc) is 2.54. The van der Waals surface area contributed by atoms with Gasteiger partial charge in [0.05, 0.1) is 19.4 Å². The van der Waals surface area contributed by atoms with Crippen molar-refractivity contribution >= 4 is 0 Å². The fourth-order valence-corrected chi connectivity index (χ4v) is 1.14. The molecule has 0 aromatic carbocycles. The molecule has 0 fully saturated rings. The molecule has 0 radical (unpaired) electrons. The molecular weight excluding hydrogens is 166 g/mol. The largest absolute Gasteiger partial charge is 0.468 e. The van der Waals surface area contributed by atoms with E-state index in [1.807, 2.05) is 13.1 Å². The van der Waals surface area contributed by atoms with E-state index in [0.29, 0.717) is 6.61 Å². The highest BCUT2D eigenvalue weighted by Crippen LogP contribution is 2.11. The second-order valence-electron chi connectivity index (χ2n) is 2.95. The predicted octanol–water partition coefficient (Wildman–Crippen LogP) is 1.93. The molecule has 1 heterocycles. The van der Waals surface area contributed by atoms with Crippen molar-refractivity contribution in [3.8, 4) is 0 Å². The summed E-state index contributed by atoms with van der Waals surface area (Å²) in [7, 11) is 1.90. The Morgan fingerprint density at radius 1 is 1.54 bits per heavy atom. The molecule has 0 amide bonds. The van der Waals surface area contributed by atoms with Crippen LogP contribution in [0.3, 0.4) is 0 Å². The summed E-state index contributed by atoms with van der Waals surface area (Å²) in [5.41, 5.74) is 1.14. The quantitative estimate of drug-likeness (QED) is 0.684. The molecule has 74 valence electrons. The van der Waals surface area contributed by atoms with Gasteiger partial charge >= 0.3 is 0 Å². The molecule has 0 aliphatic carbocycles. The molecule has 0 aliphatic rings. The van der Waals surface area contributed by atoms with Gasteiger partial charge in [0.1, 0.15) is 5.76 Å². The molecule has 0 saturated carbocycles. The van der Waals surface area contributed by atoms with Gasteiger partial charge in [0.25, 0.3) is 0 Å². The summed E-state index contributed by atoms with van der Waals surface area (Å²) in [6, 6.07) is 1.96. The maximum Gasteiger partial charge on any atom is 0.123 e. The molecule has 1 rings (SSSR count). The van der Waals surface area contributed by atoms with Gasteiger partial charge in [-0.3, -0.25) is 0 Å². The first-order valence-electron chi connectivity index (χ1n) is 4.66. The van der Waals surface area contributed by atoms with Crippen LogP contribution in [0.1, 0.15) is 24.7 Å². The van der Waals surface area contributed by atoms with Crippen LogP contribution < -0.4 is 5.32 Å². The number of nitrogens with one attached hydrogen (secondary N) is 1. The number of hydrogen-bond acceptors (Lipinski definition) is 3. The summed E-state index contributed by atoms with van der Waals surface area (Å²) in [6.45, 7) is 4.33. The van der Waals surface area contributed by atoms with Gasteiger partial charge in [-0.2, -0.15) is 0 Å². The minimum atomic E-state index is 0.654. The third kappa shape index (κ3) is 3.20. The van der Waals surface area contributed by atoms with E-state index >= 15 is 0 Å². The molecule has 13 heavy (non-hydrogen) atoms. The summed E-state index contributed by atoms with van der Waals surface area (Å²) >= 11 is 0. The van der Waals surface area contributed by atoms with E-state index in [1.54, 1.807) is 6.26 Å². The van der Waals surface area contributed by atoms with Gasteiger partial charge < -0.3 is 14.5 Å². The zero-order valence-corrected chi connectivity index (χ0v) is 8.30. The van der Waals surface area contributed by atoms with Crippen LogP contribution in [-0.4, -0.2) is 13.7 Å². The Bertz CT molecular complexity index is 233. The summed E-state index contributed by atoms with van der Waals surface area (Å²) in [5, 5.41) is 3.05. The van der Waals surface area contributed by atoms with Crippen molar-refractivity contribution in [2.45, 2.75) is 26.5 Å². The normalized spacial score (nSPS) is 10.6. The molecule has 1 aromatic heterocycles. The van der Waals surface area contributed by atoms with Crippen LogP contribution in [0.15, 0.2) is 16.7 Å². The maximum absolute atomic E-state index is 5.43. The molecule has 0 saturated heterocycles. The lowest BCUT2D eigenvalue weighted by Crippen LogP contribution is -2.06. The fraction of sp³-hybridized carbons (Fsp3) is 0.600. The molecular formula is C10H17NO2. The first-order valence-corrected chi connectivity index (χ1v) is 4.66. The topological polar surface area (TPSA) is 34.4 Å². The highest BCUT2D eigenvalue weighted by molar-refractivity contribution is 5.15. The summed E-state index contributed by atoms with van der Waals surface area (Å²) in [5.74, 6) is 0.971. The zero-order chi connectivity index (χ0) is 9.52. The lowest BCUT2D eigenvalue weighted by molar-refractivity contribution is 0.120. The van der Waals surface area contributed by atoms with E-state index in [9.17, 15) is 0 Å². The van der Waals surface area contributed by atoms with Crippen molar-refractivity contribution in [2.75, 3.05) is 13.7 Å². The standard InChI is InChI=1S/C10H17NO2/c1-3-5-12-8-9-4-6-13-10(9)7-11-2/h4,6,11H,3,5,7-8H2,1-2H3. The lowest BCUT2D eigenvalue weighted by Gasteiger charge is -2.02. The Morgan fingerprint density at radius 3 is 3.08 bits per heavy atom. The van der Waals surface area contributed by atoms with Crippen LogP contribution >= 0.6 is 0 Å². The van der Waals surface area contributed by atoms with E-state index < -0.39 is 0 Å². The van der Waals surface area contributed by atoms with Gasteiger partial charge in [-0.1, -0.05) is 6.92 Å². The van der Waals surface area contributed by atoms with Crippen molar-refractivity contribution in [2.24, 2.45) is 0 Å².